The molecule has 6 aromatic carbocycles. The summed E-state index contributed by atoms with van der Waals surface area (Å²) in [6.07, 6.45) is 2.39. The van der Waals surface area contributed by atoms with Crippen molar-refractivity contribution in [2.75, 3.05) is 9.80 Å². The molecule has 0 N–H and O–H groups in total. The average molecular weight is 831 g/mol. The Balaban J connectivity index is 1.36. The lowest BCUT2D eigenvalue weighted by Crippen LogP contribution is -2.60. The van der Waals surface area contributed by atoms with Crippen LogP contribution in [0.3, 0.4) is 0 Å². The van der Waals surface area contributed by atoms with Crippen LogP contribution in [0.2, 0.25) is 0 Å². The van der Waals surface area contributed by atoms with Crippen LogP contribution >= 0.6 is 11.3 Å². The van der Waals surface area contributed by atoms with Gasteiger partial charge in [-0.3, -0.25) is 0 Å². The number of rotatable bonds is 3. The molecule has 3 heterocycles. The Hall–Kier alpha value is -5.06. The van der Waals surface area contributed by atoms with Crippen LogP contribution in [0.1, 0.15) is 131 Å². The van der Waals surface area contributed by atoms with Crippen molar-refractivity contribution in [3.8, 4) is 11.1 Å². The van der Waals surface area contributed by atoms with E-state index in [4.69, 9.17) is 0 Å². The number of benzene rings is 6. The first kappa shape index (κ1) is 41.0. The summed E-state index contributed by atoms with van der Waals surface area (Å²) in [7, 11) is 0. The van der Waals surface area contributed by atoms with Crippen molar-refractivity contribution >= 4 is 78.0 Å². The lowest BCUT2D eigenvalue weighted by molar-refractivity contribution is 0.332. The van der Waals surface area contributed by atoms with E-state index in [0.29, 0.717) is 0 Å². The molecule has 0 bridgehead atoms. The van der Waals surface area contributed by atoms with Crippen LogP contribution < -0.4 is 25.5 Å². The Kier molecular flexibility index (Phi) is 9.07. The van der Waals surface area contributed by atoms with Gasteiger partial charge in [0.2, 0.25) is 0 Å². The quantitative estimate of drug-likeness (QED) is 0.164. The van der Waals surface area contributed by atoms with Crippen LogP contribution in [-0.2, 0) is 27.1 Å². The fourth-order valence-corrected chi connectivity index (χ4v) is 12.0. The summed E-state index contributed by atoms with van der Waals surface area (Å²) in [6.45, 7) is 31.1. The summed E-state index contributed by atoms with van der Waals surface area (Å²) in [6, 6.07) is 47.3. The third kappa shape index (κ3) is 6.41. The van der Waals surface area contributed by atoms with Gasteiger partial charge in [-0.05, 0) is 133 Å². The Labute approximate surface area is 376 Å². The van der Waals surface area contributed by atoms with Gasteiger partial charge in [0.15, 0.2) is 0 Å². The van der Waals surface area contributed by atoms with Crippen molar-refractivity contribution < 1.29 is 0 Å². The zero-order chi connectivity index (χ0) is 43.9. The molecular formula is C58H63BN2S. The van der Waals surface area contributed by atoms with Crippen LogP contribution in [0.25, 0.3) is 21.2 Å². The van der Waals surface area contributed by atoms with Crippen LogP contribution in [0.15, 0.2) is 121 Å². The molecule has 0 fully saturated rings. The second-order valence-corrected chi connectivity index (χ2v) is 24.0. The van der Waals surface area contributed by atoms with Crippen molar-refractivity contribution in [1.29, 1.82) is 0 Å². The fourth-order valence-electron chi connectivity index (χ4n) is 10.6. The van der Waals surface area contributed by atoms with Crippen molar-refractivity contribution in [2.24, 2.45) is 0 Å². The van der Waals surface area contributed by atoms with Crippen molar-refractivity contribution in [3.05, 3.63) is 149 Å². The maximum Gasteiger partial charge on any atom is 0.264 e. The molecule has 0 spiro atoms. The first-order valence-corrected chi connectivity index (χ1v) is 23.7. The number of fused-ring (bicyclic) bond motifs is 7. The van der Waals surface area contributed by atoms with Crippen LogP contribution in [0, 0.1) is 0 Å². The van der Waals surface area contributed by atoms with E-state index in [1.807, 2.05) is 11.3 Å². The predicted molar refractivity (Wildman–Crippen MR) is 273 cm³/mol. The first-order valence-electron chi connectivity index (χ1n) is 22.9. The maximum absolute atomic E-state index is 2.68. The minimum atomic E-state index is -0.102. The molecule has 0 saturated carbocycles. The Morgan fingerprint density at radius 2 is 1.08 bits per heavy atom. The average Bonchev–Trinajstić information content (AvgIpc) is 3.59. The van der Waals surface area contributed by atoms with Crippen molar-refractivity contribution in [2.45, 2.75) is 130 Å². The van der Waals surface area contributed by atoms with Crippen LogP contribution in [0.5, 0.6) is 0 Å². The van der Waals surface area contributed by atoms with E-state index in [1.54, 1.807) is 0 Å². The standard InChI is InChI=1S/C58H63BN2S/c1-54(2,3)37-23-26-40(27-24-37)60-48-32-39(56(7,8)9)33-49-51(48)59(53-52(60)42-34-43-44(35-50(42)62-53)58(12,13)30-29-57(43,10)11)45-31-38(55(4,5)6)25-28-47(45)61(49)46-22-18-17-21-41(46)36-19-15-14-16-20-36/h14-28,31-35H,29-30H2,1-13H3. The molecule has 62 heavy (non-hydrogen) atoms. The molecule has 0 amide bonds. The van der Waals surface area contributed by atoms with Gasteiger partial charge in [-0.2, -0.15) is 0 Å². The molecule has 1 aromatic heterocycles. The topological polar surface area (TPSA) is 6.48 Å². The van der Waals surface area contributed by atoms with E-state index in [-0.39, 0.29) is 33.8 Å². The Morgan fingerprint density at radius 1 is 0.516 bits per heavy atom. The van der Waals surface area contributed by atoms with E-state index in [2.05, 4.69) is 221 Å². The third-order valence-corrected chi connectivity index (χ3v) is 15.8. The zero-order valence-electron chi connectivity index (χ0n) is 39.3. The van der Waals surface area contributed by atoms with E-state index >= 15 is 0 Å². The third-order valence-electron chi connectivity index (χ3n) is 14.6. The smallest absolute Gasteiger partial charge is 0.264 e. The van der Waals surface area contributed by atoms with Gasteiger partial charge in [-0.1, -0.05) is 163 Å². The number of anilines is 6. The van der Waals surface area contributed by atoms with Gasteiger partial charge >= 0.3 is 0 Å². The molecule has 3 aliphatic rings. The number of thiophene rings is 1. The van der Waals surface area contributed by atoms with E-state index in [1.165, 1.54) is 112 Å². The van der Waals surface area contributed by atoms with Crippen molar-refractivity contribution in [3.63, 3.8) is 0 Å². The lowest BCUT2D eigenvalue weighted by atomic mass is 9.36. The van der Waals surface area contributed by atoms with Crippen molar-refractivity contribution in [1.82, 2.24) is 0 Å². The largest absolute Gasteiger partial charge is 0.311 e. The molecule has 0 unspecified atom stereocenters. The highest BCUT2D eigenvalue weighted by atomic mass is 32.1. The summed E-state index contributed by atoms with van der Waals surface area (Å²) in [5.41, 5.74) is 20.1. The minimum absolute atomic E-state index is 0.0181. The monoisotopic (exact) mass is 830 g/mol. The molecule has 1 aliphatic carbocycles. The highest BCUT2D eigenvalue weighted by Crippen LogP contribution is 2.53. The number of para-hydroxylation sites is 1. The summed E-state index contributed by atoms with van der Waals surface area (Å²) >= 11 is 2.04. The molecular weight excluding hydrogens is 768 g/mol. The summed E-state index contributed by atoms with van der Waals surface area (Å²) in [4.78, 5) is 5.30. The number of nitrogens with zero attached hydrogens (tertiary/aromatic N) is 2. The zero-order valence-corrected chi connectivity index (χ0v) is 40.2. The second kappa shape index (κ2) is 13.7. The first-order chi connectivity index (χ1) is 29.1. The van der Waals surface area contributed by atoms with Crippen LogP contribution in [-0.4, -0.2) is 6.71 Å². The molecule has 2 aliphatic heterocycles. The van der Waals surface area contributed by atoms with Crippen LogP contribution in [0.4, 0.5) is 34.1 Å². The maximum atomic E-state index is 2.68. The summed E-state index contributed by atoms with van der Waals surface area (Å²) in [5.74, 6) is 0. The highest BCUT2D eigenvalue weighted by molar-refractivity contribution is 7.33. The molecule has 314 valence electrons. The van der Waals surface area contributed by atoms with Gasteiger partial charge < -0.3 is 9.80 Å². The van der Waals surface area contributed by atoms with Gasteiger partial charge in [0.1, 0.15) is 0 Å². The van der Waals surface area contributed by atoms with E-state index < -0.39 is 0 Å². The molecule has 7 aromatic rings. The normalized spacial score (nSPS) is 16.5. The molecule has 0 radical (unpaired) electrons. The number of hydrogen-bond donors (Lipinski definition) is 0. The minimum Gasteiger partial charge on any atom is -0.311 e. The molecule has 0 atom stereocenters. The summed E-state index contributed by atoms with van der Waals surface area (Å²) < 4.78 is 2.84. The van der Waals surface area contributed by atoms with Gasteiger partial charge in [0.25, 0.3) is 6.71 Å². The predicted octanol–water partition coefficient (Wildman–Crippen LogP) is 14.9. The molecule has 2 nitrogen and oxygen atoms in total. The molecule has 0 saturated heterocycles. The molecule has 4 heteroatoms. The Bertz CT molecular complexity index is 2910. The van der Waals surface area contributed by atoms with E-state index in [9.17, 15) is 0 Å². The number of hydrogen-bond acceptors (Lipinski definition) is 3. The second-order valence-electron chi connectivity index (χ2n) is 23.0. The van der Waals surface area contributed by atoms with E-state index in [0.717, 1.165) is 0 Å². The highest BCUT2D eigenvalue weighted by Gasteiger charge is 2.47. The fraction of sp³-hybridized carbons (Fsp3) is 0.345. The van der Waals surface area contributed by atoms with Gasteiger partial charge in [-0.15, -0.1) is 11.3 Å². The summed E-state index contributed by atoms with van der Waals surface area (Å²) in [5, 5.41) is 1.38. The van der Waals surface area contributed by atoms with Gasteiger partial charge in [0, 0.05) is 43.2 Å². The SMILES string of the molecule is CC(C)(C)c1ccc(N2c3cc(C(C)(C)C)cc4c3B(c3cc(C(C)(C)C)ccc3N4c3ccccc3-c3ccccc3)c3sc4cc5c(cc4c32)C(C)(C)CCC5(C)C)cc1. The lowest BCUT2D eigenvalue weighted by Gasteiger charge is -2.45. The van der Waals surface area contributed by atoms with Gasteiger partial charge in [-0.25, -0.2) is 0 Å². The van der Waals surface area contributed by atoms with Gasteiger partial charge in [0.05, 0.1) is 11.4 Å². The Morgan fingerprint density at radius 3 is 1.71 bits per heavy atom. The molecule has 10 rings (SSSR count).